The van der Waals surface area contributed by atoms with Gasteiger partial charge < -0.3 is 15.5 Å². The lowest BCUT2D eigenvalue weighted by Crippen LogP contribution is -2.34. The first-order valence-corrected chi connectivity index (χ1v) is 9.22. The molecule has 0 unspecified atom stereocenters. The number of carbonyl (C=O) groups is 2. The van der Waals surface area contributed by atoms with Crippen molar-refractivity contribution in [3.05, 3.63) is 54.0 Å². The Kier molecular flexibility index (Phi) is 5.92. The maximum atomic E-state index is 11.9. The number of nitrogens with one attached hydrogen (secondary N) is 1. The Morgan fingerprint density at radius 3 is 2.81 bits per heavy atom. The molecule has 140 valence electrons. The van der Waals surface area contributed by atoms with Gasteiger partial charge in [0.15, 0.2) is 11.0 Å². The van der Waals surface area contributed by atoms with E-state index in [1.54, 1.807) is 6.26 Å². The second kappa shape index (κ2) is 8.54. The molecular weight excluding hydrogens is 366 g/mol. The maximum Gasteiger partial charge on any atom is 0.236 e. The Morgan fingerprint density at radius 1 is 1.26 bits per heavy atom. The molecular formula is C18H19N5O3S. The Bertz CT molecular complexity index is 936. The van der Waals surface area contributed by atoms with Crippen molar-refractivity contribution in [2.75, 3.05) is 12.3 Å². The molecule has 3 rings (SSSR count). The summed E-state index contributed by atoms with van der Waals surface area (Å²) in [5.41, 5.74) is 7.07. The summed E-state index contributed by atoms with van der Waals surface area (Å²) in [7, 11) is 0. The number of thioether (sulfide) groups is 1. The predicted molar refractivity (Wildman–Crippen MR) is 101 cm³/mol. The minimum atomic E-state index is -0.587. The molecule has 0 saturated heterocycles. The number of benzene rings is 1. The first kappa shape index (κ1) is 18.7. The minimum absolute atomic E-state index is 0.0946. The molecule has 2 aromatic heterocycles. The molecule has 1 aromatic carbocycles. The highest BCUT2D eigenvalue weighted by atomic mass is 32.2. The van der Waals surface area contributed by atoms with Gasteiger partial charge in [0.05, 0.1) is 25.1 Å². The van der Waals surface area contributed by atoms with E-state index in [9.17, 15) is 9.59 Å². The van der Waals surface area contributed by atoms with Gasteiger partial charge in [0.2, 0.25) is 11.8 Å². The molecule has 0 radical (unpaired) electrons. The van der Waals surface area contributed by atoms with E-state index in [2.05, 4.69) is 15.5 Å². The third kappa shape index (κ3) is 4.98. The number of nitrogens with zero attached hydrogens (tertiary/aromatic N) is 3. The molecule has 0 saturated carbocycles. The van der Waals surface area contributed by atoms with Crippen LogP contribution in [0.4, 0.5) is 0 Å². The molecule has 0 spiro atoms. The van der Waals surface area contributed by atoms with Gasteiger partial charge in [-0.25, -0.2) is 0 Å². The van der Waals surface area contributed by atoms with Crippen LogP contribution in [0.5, 0.6) is 0 Å². The van der Waals surface area contributed by atoms with Crippen LogP contribution in [-0.4, -0.2) is 38.9 Å². The highest BCUT2D eigenvalue weighted by Crippen LogP contribution is 2.25. The van der Waals surface area contributed by atoms with Gasteiger partial charge in [0.1, 0.15) is 5.76 Å². The van der Waals surface area contributed by atoms with Crippen molar-refractivity contribution in [1.82, 2.24) is 20.1 Å². The molecule has 0 atom stereocenters. The zero-order chi connectivity index (χ0) is 19.2. The summed E-state index contributed by atoms with van der Waals surface area (Å²) in [5, 5.41) is 11.6. The van der Waals surface area contributed by atoms with Gasteiger partial charge in [0.25, 0.3) is 0 Å². The zero-order valence-electron chi connectivity index (χ0n) is 14.7. The highest BCUT2D eigenvalue weighted by Gasteiger charge is 2.17. The number of amides is 2. The van der Waals surface area contributed by atoms with Crippen LogP contribution < -0.4 is 11.1 Å². The van der Waals surface area contributed by atoms with Crippen molar-refractivity contribution in [1.29, 1.82) is 0 Å². The lowest BCUT2D eigenvalue weighted by atomic mass is 10.1. The number of furan rings is 1. The minimum Gasteiger partial charge on any atom is -0.467 e. The normalized spacial score (nSPS) is 10.7. The van der Waals surface area contributed by atoms with Crippen LogP contribution in [0.1, 0.15) is 11.3 Å². The van der Waals surface area contributed by atoms with Crippen molar-refractivity contribution in [2.24, 2.45) is 5.73 Å². The number of carbonyl (C=O) groups excluding carboxylic acids is 2. The molecule has 0 fully saturated rings. The molecule has 27 heavy (non-hydrogen) atoms. The molecule has 0 aliphatic heterocycles. The third-order valence-corrected chi connectivity index (χ3v) is 4.65. The monoisotopic (exact) mass is 385 g/mol. The smallest absolute Gasteiger partial charge is 0.236 e. The molecule has 3 N–H and O–H groups in total. The fourth-order valence-electron chi connectivity index (χ4n) is 2.46. The topological polar surface area (TPSA) is 116 Å². The van der Waals surface area contributed by atoms with E-state index >= 15 is 0 Å². The molecule has 3 aromatic rings. The standard InChI is InChI=1S/C18H19N5O3S/c1-12-4-2-5-13(8-12)17-21-22-18(23(17)10-14-6-3-7-26-14)27-11-16(25)20-9-15(19)24/h2-8H,9-11H2,1H3,(H2,19,24)(H,20,25). The van der Waals surface area contributed by atoms with Crippen LogP contribution in [0, 0.1) is 6.92 Å². The summed E-state index contributed by atoms with van der Waals surface area (Å²) >= 11 is 1.23. The van der Waals surface area contributed by atoms with E-state index in [1.807, 2.05) is 47.9 Å². The molecule has 0 bridgehead atoms. The summed E-state index contributed by atoms with van der Waals surface area (Å²) in [6.07, 6.45) is 1.61. The summed E-state index contributed by atoms with van der Waals surface area (Å²) < 4.78 is 7.35. The van der Waals surface area contributed by atoms with Gasteiger partial charge in [-0.15, -0.1) is 10.2 Å². The van der Waals surface area contributed by atoms with E-state index in [0.717, 1.165) is 16.9 Å². The number of hydrogen-bond acceptors (Lipinski definition) is 6. The quantitative estimate of drug-likeness (QED) is 0.569. The van der Waals surface area contributed by atoms with E-state index < -0.39 is 5.91 Å². The fraction of sp³-hybridized carbons (Fsp3) is 0.222. The van der Waals surface area contributed by atoms with Gasteiger partial charge in [-0.05, 0) is 25.1 Å². The van der Waals surface area contributed by atoms with Crippen molar-refractivity contribution < 1.29 is 14.0 Å². The van der Waals surface area contributed by atoms with Crippen LogP contribution in [-0.2, 0) is 16.1 Å². The number of primary amides is 1. The van der Waals surface area contributed by atoms with E-state index in [-0.39, 0.29) is 18.2 Å². The van der Waals surface area contributed by atoms with Gasteiger partial charge in [-0.3, -0.25) is 14.2 Å². The van der Waals surface area contributed by atoms with Crippen LogP contribution in [0.2, 0.25) is 0 Å². The largest absolute Gasteiger partial charge is 0.467 e. The summed E-state index contributed by atoms with van der Waals surface area (Å²) in [6, 6.07) is 11.6. The van der Waals surface area contributed by atoms with Crippen LogP contribution in [0.25, 0.3) is 11.4 Å². The van der Waals surface area contributed by atoms with E-state index in [0.29, 0.717) is 17.5 Å². The van der Waals surface area contributed by atoms with Crippen LogP contribution >= 0.6 is 11.8 Å². The van der Waals surface area contributed by atoms with Crippen molar-refractivity contribution in [2.45, 2.75) is 18.6 Å². The Labute approximate surface area is 160 Å². The van der Waals surface area contributed by atoms with Crippen LogP contribution in [0.15, 0.2) is 52.2 Å². The number of aromatic nitrogens is 3. The highest BCUT2D eigenvalue weighted by molar-refractivity contribution is 7.99. The van der Waals surface area contributed by atoms with Crippen molar-refractivity contribution in [3.8, 4) is 11.4 Å². The molecule has 0 aliphatic carbocycles. The predicted octanol–water partition coefficient (Wildman–Crippen LogP) is 1.59. The molecule has 9 heteroatoms. The molecule has 2 amide bonds. The summed E-state index contributed by atoms with van der Waals surface area (Å²) in [6.45, 7) is 2.26. The average Bonchev–Trinajstić information content (AvgIpc) is 3.28. The van der Waals surface area contributed by atoms with Gasteiger partial charge in [-0.1, -0.05) is 35.5 Å². The Hall–Kier alpha value is -3.07. The molecule has 8 nitrogen and oxygen atoms in total. The average molecular weight is 385 g/mol. The Balaban J connectivity index is 1.83. The summed E-state index contributed by atoms with van der Waals surface area (Å²) in [4.78, 5) is 22.6. The van der Waals surface area contributed by atoms with E-state index in [4.69, 9.17) is 10.2 Å². The van der Waals surface area contributed by atoms with Gasteiger partial charge in [0, 0.05) is 5.56 Å². The van der Waals surface area contributed by atoms with E-state index in [1.165, 1.54) is 11.8 Å². The third-order valence-electron chi connectivity index (χ3n) is 3.68. The number of aryl methyl sites for hydroxylation is 1. The first-order valence-electron chi connectivity index (χ1n) is 8.23. The number of hydrogen-bond donors (Lipinski definition) is 2. The SMILES string of the molecule is Cc1cccc(-c2nnc(SCC(=O)NCC(N)=O)n2Cc2ccco2)c1. The summed E-state index contributed by atoms with van der Waals surface area (Å²) in [5.74, 6) is 0.649. The van der Waals surface area contributed by atoms with Crippen molar-refractivity contribution >= 4 is 23.6 Å². The van der Waals surface area contributed by atoms with Gasteiger partial charge in [-0.2, -0.15) is 0 Å². The second-order valence-corrected chi connectivity index (χ2v) is 6.82. The van der Waals surface area contributed by atoms with Crippen molar-refractivity contribution in [3.63, 3.8) is 0 Å². The van der Waals surface area contributed by atoms with Crippen LogP contribution in [0.3, 0.4) is 0 Å². The number of rotatable bonds is 8. The lowest BCUT2D eigenvalue weighted by Gasteiger charge is -2.09. The zero-order valence-corrected chi connectivity index (χ0v) is 15.5. The molecule has 0 aliphatic rings. The second-order valence-electron chi connectivity index (χ2n) is 5.87. The lowest BCUT2D eigenvalue weighted by molar-refractivity contribution is -0.123. The maximum absolute atomic E-state index is 11.9. The van der Waals surface area contributed by atoms with Gasteiger partial charge >= 0.3 is 0 Å². The molecule has 2 heterocycles. The Morgan fingerprint density at radius 2 is 2.11 bits per heavy atom. The first-order chi connectivity index (χ1) is 13.0. The number of nitrogens with two attached hydrogens (primary N) is 1. The fourth-order valence-corrected chi connectivity index (χ4v) is 3.23.